The van der Waals surface area contributed by atoms with Crippen LogP contribution in [0.15, 0.2) is 23.8 Å². The molecule has 2 rings (SSSR count). The minimum absolute atomic E-state index is 0.402. The molecule has 1 N–H and O–H groups in total. The van der Waals surface area contributed by atoms with Gasteiger partial charge in [0.25, 0.3) is 0 Å². The van der Waals surface area contributed by atoms with Crippen molar-refractivity contribution in [3.05, 3.63) is 39.6 Å². The molecule has 0 atom stereocenters. The largest absolute Gasteiger partial charge is 0.434 e. The number of thiazole rings is 1. The minimum atomic E-state index is -4.38. The van der Waals surface area contributed by atoms with E-state index in [0.29, 0.717) is 28.7 Å². The van der Waals surface area contributed by atoms with Crippen molar-refractivity contribution < 1.29 is 13.2 Å². The van der Waals surface area contributed by atoms with E-state index in [1.807, 2.05) is 0 Å². The molecule has 0 spiro atoms. The molecular formula is C11H9ClF3N3S. The van der Waals surface area contributed by atoms with Crippen LogP contribution in [0.3, 0.4) is 0 Å². The number of nitrogens with one attached hydrogen (secondary N) is 1. The second-order valence-corrected chi connectivity index (χ2v) is 5.01. The first kappa shape index (κ1) is 14.1. The molecule has 102 valence electrons. The molecule has 19 heavy (non-hydrogen) atoms. The molecule has 0 saturated heterocycles. The molecule has 0 radical (unpaired) electrons. The zero-order valence-corrected chi connectivity index (χ0v) is 11.1. The summed E-state index contributed by atoms with van der Waals surface area (Å²) in [6.45, 7) is 0.453. The van der Waals surface area contributed by atoms with Crippen molar-refractivity contribution in [3.8, 4) is 0 Å². The standard InChI is InChI=1S/C11H9ClF3N3S/c12-7-5-16-3-1-8(7)17-4-2-10-18-9(6-19-10)11(13,14)15/h1,3,5-6H,2,4H2,(H,16,17). The van der Waals surface area contributed by atoms with Gasteiger partial charge in [-0.3, -0.25) is 4.98 Å². The van der Waals surface area contributed by atoms with E-state index in [4.69, 9.17) is 11.6 Å². The van der Waals surface area contributed by atoms with Crippen molar-refractivity contribution in [3.63, 3.8) is 0 Å². The van der Waals surface area contributed by atoms with E-state index in [0.717, 1.165) is 16.7 Å². The van der Waals surface area contributed by atoms with Gasteiger partial charge in [0.05, 0.1) is 15.7 Å². The number of hydrogen-bond donors (Lipinski definition) is 1. The van der Waals surface area contributed by atoms with E-state index in [2.05, 4.69) is 15.3 Å². The van der Waals surface area contributed by atoms with Crippen LogP contribution >= 0.6 is 22.9 Å². The number of nitrogens with zero attached hydrogens (tertiary/aromatic N) is 2. The van der Waals surface area contributed by atoms with Gasteiger partial charge in [-0.1, -0.05) is 11.6 Å². The maximum Gasteiger partial charge on any atom is 0.434 e. The summed E-state index contributed by atoms with van der Waals surface area (Å²) in [5.74, 6) is 0. The average Bonchev–Trinajstić information content (AvgIpc) is 2.80. The third-order valence-corrected chi connectivity index (χ3v) is 3.48. The van der Waals surface area contributed by atoms with E-state index in [1.165, 1.54) is 6.20 Å². The maximum atomic E-state index is 12.3. The van der Waals surface area contributed by atoms with Gasteiger partial charge in [0.1, 0.15) is 0 Å². The highest BCUT2D eigenvalue weighted by molar-refractivity contribution is 7.09. The predicted octanol–water partition coefficient (Wildman–Crippen LogP) is 3.86. The molecule has 2 heterocycles. The summed E-state index contributed by atoms with van der Waals surface area (Å²) in [6.07, 6.45) is -0.898. The molecule has 0 aliphatic rings. The van der Waals surface area contributed by atoms with Crippen LogP contribution in [0.1, 0.15) is 10.7 Å². The summed E-state index contributed by atoms with van der Waals surface area (Å²) < 4.78 is 37.0. The lowest BCUT2D eigenvalue weighted by atomic mass is 10.3. The quantitative estimate of drug-likeness (QED) is 0.932. The van der Waals surface area contributed by atoms with Crippen LogP contribution in [-0.4, -0.2) is 16.5 Å². The van der Waals surface area contributed by atoms with Crippen molar-refractivity contribution in [1.29, 1.82) is 0 Å². The van der Waals surface area contributed by atoms with E-state index in [-0.39, 0.29) is 0 Å². The minimum Gasteiger partial charge on any atom is -0.383 e. The van der Waals surface area contributed by atoms with Crippen LogP contribution in [0.4, 0.5) is 18.9 Å². The highest BCUT2D eigenvalue weighted by atomic mass is 35.5. The summed E-state index contributed by atoms with van der Waals surface area (Å²) in [4.78, 5) is 7.38. The molecule has 3 nitrogen and oxygen atoms in total. The predicted molar refractivity (Wildman–Crippen MR) is 68.6 cm³/mol. The molecule has 0 fully saturated rings. The molecule has 0 aliphatic carbocycles. The highest BCUT2D eigenvalue weighted by Crippen LogP contribution is 2.30. The number of halogens is 4. The summed E-state index contributed by atoms with van der Waals surface area (Å²) in [5.41, 5.74) is -0.140. The third-order valence-electron chi connectivity index (χ3n) is 2.27. The first-order chi connectivity index (χ1) is 8.97. The third kappa shape index (κ3) is 3.81. The normalized spacial score (nSPS) is 11.6. The van der Waals surface area contributed by atoms with Crippen LogP contribution < -0.4 is 5.32 Å². The Morgan fingerprint density at radius 1 is 1.37 bits per heavy atom. The van der Waals surface area contributed by atoms with Gasteiger partial charge >= 0.3 is 6.18 Å². The smallest absolute Gasteiger partial charge is 0.383 e. The number of pyridine rings is 1. The zero-order valence-electron chi connectivity index (χ0n) is 9.54. The molecule has 0 saturated carbocycles. The van der Waals surface area contributed by atoms with Crippen LogP contribution in [-0.2, 0) is 12.6 Å². The first-order valence-corrected chi connectivity index (χ1v) is 6.57. The Labute approximate surface area is 116 Å². The lowest BCUT2D eigenvalue weighted by Gasteiger charge is -2.06. The van der Waals surface area contributed by atoms with Gasteiger partial charge in [-0.25, -0.2) is 4.98 Å². The number of hydrogen-bond acceptors (Lipinski definition) is 4. The molecule has 0 aromatic carbocycles. The number of rotatable bonds is 4. The van der Waals surface area contributed by atoms with Crippen LogP contribution in [0.25, 0.3) is 0 Å². The number of alkyl halides is 3. The van der Waals surface area contributed by atoms with E-state index in [9.17, 15) is 13.2 Å². The van der Waals surface area contributed by atoms with Gasteiger partial charge in [0.2, 0.25) is 0 Å². The number of anilines is 1. The molecule has 0 amide bonds. The number of aromatic nitrogens is 2. The van der Waals surface area contributed by atoms with Crippen LogP contribution in [0, 0.1) is 0 Å². The molecular weight excluding hydrogens is 299 g/mol. The lowest BCUT2D eigenvalue weighted by molar-refractivity contribution is -0.140. The SMILES string of the molecule is FC(F)(F)c1csc(CCNc2ccncc2Cl)n1. The van der Waals surface area contributed by atoms with Crippen molar-refractivity contribution in [2.45, 2.75) is 12.6 Å². The Kier molecular flexibility index (Phi) is 4.26. The Morgan fingerprint density at radius 2 is 2.16 bits per heavy atom. The van der Waals surface area contributed by atoms with Crippen molar-refractivity contribution in [1.82, 2.24) is 9.97 Å². The Morgan fingerprint density at radius 3 is 2.79 bits per heavy atom. The molecule has 2 aromatic heterocycles. The molecule has 8 heteroatoms. The van der Waals surface area contributed by atoms with E-state index >= 15 is 0 Å². The first-order valence-electron chi connectivity index (χ1n) is 5.32. The van der Waals surface area contributed by atoms with Gasteiger partial charge in [-0.15, -0.1) is 11.3 Å². The average molecular weight is 308 g/mol. The lowest BCUT2D eigenvalue weighted by Crippen LogP contribution is -2.07. The maximum absolute atomic E-state index is 12.3. The van der Waals surface area contributed by atoms with Gasteiger partial charge in [0, 0.05) is 30.7 Å². The van der Waals surface area contributed by atoms with Gasteiger partial charge in [0.15, 0.2) is 5.69 Å². The van der Waals surface area contributed by atoms with E-state index < -0.39 is 11.9 Å². The summed E-state index contributed by atoms with van der Waals surface area (Å²) in [7, 11) is 0. The Bertz CT molecular complexity index is 556. The highest BCUT2D eigenvalue weighted by Gasteiger charge is 2.33. The summed E-state index contributed by atoms with van der Waals surface area (Å²) >= 11 is 6.88. The van der Waals surface area contributed by atoms with Crippen molar-refractivity contribution in [2.75, 3.05) is 11.9 Å². The summed E-state index contributed by atoms with van der Waals surface area (Å²) in [6, 6.07) is 1.70. The van der Waals surface area contributed by atoms with E-state index in [1.54, 1.807) is 12.3 Å². The second kappa shape index (κ2) is 5.75. The fourth-order valence-electron chi connectivity index (χ4n) is 1.38. The topological polar surface area (TPSA) is 37.8 Å². The van der Waals surface area contributed by atoms with Gasteiger partial charge < -0.3 is 5.32 Å². The van der Waals surface area contributed by atoms with Crippen LogP contribution in [0.2, 0.25) is 5.02 Å². The molecule has 0 unspecified atom stereocenters. The second-order valence-electron chi connectivity index (χ2n) is 3.66. The van der Waals surface area contributed by atoms with Crippen molar-refractivity contribution in [2.24, 2.45) is 0 Å². The van der Waals surface area contributed by atoms with Gasteiger partial charge in [-0.05, 0) is 6.07 Å². The Balaban J connectivity index is 1.90. The van der Waals surface area contributed by atoms with Crippen LogP contribution in [0.5, 0.6) is 0 Å². The van der Waals surface area contributed by atoms with Gasteiger partial charge in [-0.2, -0.15) is 13.2 Å². The molecule has 0 bridgehead atoms. The van der Waals surface area contributed by atoms with Crippen molar-refractivity contribution >= 4 is 28.6 Å². The zero-order chi connectivity index (χ0) is 13.9. The summed E-state index contributed by atoms with van der Waals surface area (Å²) in [5, 5.41) is 4.95. The molecule has 0 aliphatic heterocycles. The molecule has 2 aromatic rings. The monoisotopic (exact) mass is 307 g/mol. The fraction of sp³-hybridized carbons (Fsp3) is 0.273. The fourth-order valence-corrected chi connectivity index (χ4v) is 2.37. The Hall–Kier alpha value is -1.34.